The van der Waals surface area contributed by atoms with Crippen molar-refractivity contribution in [2.24, 2.45) is 5.73 Å². The zero-order valence-corrected chi connectivity index (χ0v) is 14.9. The van der Waals surface area contributed by atoms with Crippen LogP contribution in [-0.4, -0.2) is 65.4 Å². The van der Waals surface area contributed by atoms with Crippen molar-refractivity contribution in [2.45, 2.75) is 43.4 Å². The third-order valence-corrected chi connectivity index (χ3v) is 5.79. The maximum Gasteiger partial charge on any atom is 0.244 e. The molecule has 0 unspecified atom stereocenters. The van der Waals surface area contributed by atoms with Gasteiger partial charge in [-0.15, -0.1) is 0 Å². The van der Waals surface area contributed by atoms with Crippen LogP contribution in [0.5, 0.6) is 0 Å². The fourth-order valence-corrected chi connectivity index (χ4v) is 4.54. The maximum atomic E-state index is 13.5. The van der Waals surface area contributed by atoms with Gasteiger partial charge in [-0.25, -0.2) is 4.39 Å². The number of nitriles is 1. The first-order chi connectivity index (χ1) is 13.0. The van der Waals surface area contributed by atoms with Crippen LogP contribution in [0.15, 0.2) is 24.3 Å². The molecule has 2 amide bonds. The maximum absolute atomic E-state index is 13.5. The van der Waals surface area contributed by atoms with Gasteiger partial charge in [0.15, 0.2) is 0 Å². The summed E-state index contributed by atoms with van der Waals surface area (Å²) in [7, 11) is 0. The standard InChI is InChI=1S/C19H22FN5O2/c20-12-3-1-4-13(7-12)25-15-8-17(19(25)27)23(10-15)11-16(22)18(26)24-6-2-5-14(24)9-21/h1,3-4,7,14-17H,2,5-6,8,10-11,22H2/t14-,15+,16-,17+/m0/s1. The van der Waals surface area contributed by atoms with Gasteiger partial charge in [-0.1, -0.05) is 6.07 Å². The highest BCUT2D eigenvalue weighted by Gasteiger charge is 2.50. The molecule has 0 saturated carbocycles. The Morgan fingerprint density at radius 1 is 1.44 bits per heavy atom. The summed E-state index contributed by atoms with van der Waals surface area (Å²) in [6, 6.07) is 6.68. The van der Waals surface area contributed by atoms with E-state index in [0.717, 1.165) is 6.42 Å². The minimum absolute atomic E-state index is 0.0368. The summed E-state index contributed by atoms with van der Waals surface area (Å²) in [4.78, 5) is 30.5. The molecule has 8 heteroatoms. The predicted molar refractivity (Wildman–Crippen MR) is 96.0 cm³/mol. The Morgan fingerprint density at radius 2 is 2.26 bits per heavy atom. The fraction of sp³-hybridized carbons (Fsp3) is 0.526. The number of nitrogens with two attached hydrogens (primary N) is 1. The van der Waals surface area contributed by atoms with Crippen LogP contribution in [0.4, 0.5) is 10.1 Å². The van der Waals surface area contributed by atoms with Gasteiger partial charge >= 0.3 is 0 Å². The van der Waals surface area contributed by atoms with E-state index in [4.69, 9.17) is 11.0 Å². The molecule has 3 aliphatic rings. The minimum Gasteiger partial charge on any atom is -0.325 e. The lowest BCUT2D eigenvalue weighted by atomic mass is 10.2. The normalized spacial score (nSPS) is 28.6. The van der Waals surface area contributed by atoms with Crippen LogP contribution in [-0.2, 0) is 9.59 Å². The van der Waals surface area contributed by atoms with Crippen molar-refractivity contribution in [2.75, 3.05) is 24.5 Å². The summed E-state index contributed by atoms with van der Waals surface area (Å²) in [6.07, 6.45) is 2.15. The molecule has 2 N–H and O–H groups in total. The van der Waals surface area contributed by atoms with Crippen molar-refractivity contribution in [1.82, 2.24) is 9.80 Å². The zero-order valence-electron chi connectivity index (χ0n) is 14.9. The molecule has 4 rings (SSSR count). The third kappa shape index (κ3) is 3.07. The van der Waals surface area contributed by atoms with Gasteiger partial charge in [-0.05, 0) is 37.5 Å². The number of benzene rings is 1. The van der Waals surface area contributed by atoms with Crippen LogP contribution in [0.2, 0.25) is 0 Å². The van der Waals surface area contributed by atoms with Crippen molar-refractivity contribution in [3.63, 3.8) is 0 Å². The van der Waals surface area contributed by atoms with E-state index in [9.17, 15) is 14.0 Å². The number of carbonyl (C=O) groups excluding carboxylic acids is 2. The van der Waals surface area contributed by atoms with E-state index in [1.54, 1.807) is 21.9 Å². The number of halogens is 1. The molecule has 2 bridgehead atoms. The quantitative estimate of drug-likeness (QED) is 0.830. The predicted octanol–water partition coefficient (Wildman–Crippen LogP) is 0.457. The topological polar surface area (TPSA) is 93.7 Å². The molecule has 0 aromatic heterocycles. The second-order valence-electron chi connectivity index (χ2n) is 7.47. The van der Waals surface area contributed by atoms with Gasteiger partial charge < -0.3 is 15.5 Å². The molecular weight excluding hydrogens is 349 g/mol. The molecule has 3 saturated heterocycles. The molecule has 3 fully saturated rings. The number of nitrogens with zero attached hydrogens (tertiary/aromatic N) is 4. The molecule has 0 aliphatic carbocycles. The highest BCUT2D eigenvalue weighted by molar-refractivity contribution is 6.01. The molecule has 1 aromatic carbocycles. The zero-order chi connectivity index (χ0) is 19.1. The number of fused-ring (bicyclic) bond motifs is 2. The molecule has 0 spiro atoms. The largest absolute Gasteiger partial charge is 0.325 e. The smallest absolute Gasteiger partial charge is 0.244 e. The second-order valence-corrected chi connectivity index (χ2v) is 7.47. The SMILES string of the molecule is N#C[C@@H]1CCCN1C(=O)[C@@H](N)CN1C[C@H]2C[C@@H]1C(=O)N2c1cccc(F)c1. The lowest BCUT2D eigenvalue weighted by Gasteiger charge is -2.35. The summed E-state index contributed by atoms with van der Waals surface area (Å²) >= 11 is 0. The Bertz CT molecular complexity index is 810. The van der Waals surface area contributed by atoms with Crippen molar-refractivity contribution >= 4 is 17.5 Å². The number of anilines is 1. The van der Waals surface area contributed by atoms with Gasteiger partial charge in [0.2, 0.25) is 11.8 Å². The first-order valence-corrected chi connectivity index (χ1v) is 9.28. The van der Waals surface area contributed by atoms with E-state index in [1.807, 2.05) is 4.90 Å². The second kappa shape index (κ2) is 6.91. The summed E-state index contributed by atoms with van der Waals surface area (Å²) in [5.74, 6) is -0.672. The van der Waals surface area contributed by atoms with E-state index in [-0.39, 0.29) is 36.3 Å². The lowest BCUT2D eigenvalue weighted by Crippen LogP contribution is -2.56. The van der Waals surface area contributed by atoms with Gasteiger partial charge in [0, 0.05) is 25.3 Å². The van der Waals surface area contributed by atoms with E-state index in [1.165, 1.54) is 12.1 Å². The monoisotopic (exact) mass is 371 g/mol. The number of piperazine rings is 1. The van der Waals surface area contributed by atoms with Crippen molar-refractivity contribution < 1.29 is 14.0 Å². The lowest BCUT2D eigenvalue weighted by molar-refractivity contribution is -0.134. The Kier molecular flexibility index (Phi) is 4.58. The summed E-state index contributed by atoms with van der Waals surface area (Å²) < 4.78 is 13.5. The van der Waals surface area contributed by atoms with Gasteiger partial charge in [0.25, 0.3) is 0 Å². The average molecular weight is 371 g/mol. The number of rotatable bonds is 4. The Morgan fingerprint density at radius 3 is 2.96 bits per heavy atom. The summed E-state index contributed by atoms with van der Waals surface area (Å²) in [5.41, 5.74) is 6.69. The molecule has 1 aromatic rings. The molecule has 27 heavy (non-hydrogen) atoms. The summed E-state index contributed by atoms with van der Waals surface area (Å²) in [6.45, 7) is 1.45. The van der Waals surface area contributed by atoms with E-state index >= 15 is 0 Å². The first-order valence-electron chi connectivity index (χ1n) is 9.28. The van der Waals surface area contributed by atoms with Gasteiger partial charge in [-0.2, -0.15) is 5.26 Å². The van der Waals surface area contributed by atoms with Crippen LogP contribution in [0.3, 0.4) is 0 Å². The molecule has 7 nitrogen and oxygen atoms in total. The van der Waals surface area contributed by atoms with Crippen LogP contribution < -0.4 is 10.6 Å². The van der Waals surface area contributed by atoms with Crippen molar-refractivity contribution in [1.29, 1.82) is 5.26 Å². The third-order valence-electron chi connectivity index (χ3n) is 5.79. The molecule has 0 radical (unpaired) electrons. The number of hydrogen-bond acceptors (Lipinski definition) is 5. The minimum atomic E-state index is -0.756. The van der Waals surface area contributed by atoms with Gasteiger partial charge in [-0.3, -0.25) is 14.5 Å². The van der Waals surface area contributed by atoms with Crippen LogP contribution in [0.1, 0.15) is 19.3 Å². The highest BCUT2D eigenvalue weighted by Crippen LogP contribution is 2.35. The van der Waals surface area contributed by atoms with Crippen LogP contribution >= 0.6 is 0 Å². The molecule has 3 heterocycles. The van der Waals surface area contributed by atoms with Crippen molar-refractivity contribution in [3.8, 4) is 6.07 Å². The van der Waals surface area contributed by atoms with E-state index < -0.39 is 12.1 Å². The Hall–Kier alpha value is -2.50. The van der Waals surface area contributed by atoms with Gasteiger partial charge in [0.1, 0.15) is 11.9 Å². The average Bonchev–Trinajstić information content (AvgIpc) is 3.35. The van der Waals surface area contributed by atoms with E-state index in [2.05, 4.69) is 6.07 Å². The number of likely N-dealkylation sites (tertiary alicyclic amines) is 2. The Balaban J connectivity index is 1.41. The Labute approximate surface area is 157 Å². The molecule has 142 valence electrons. The van der Waals surface area contributed by atoms with Crippen molar-refractivity contribution in [3.05, 3.63) is 30.1 Å². The van der Waals surface area contributed by atoms with Crippen LogP contribution in [0.25, 0.3) is 0 Å². The number of carbonyl (C=O) groups is 2. The molecule has 4 atom stereocenters. The van der Waals surface area contributed by atoms with Gasteiger partial charge in [0.05, 0.1) is 24.2 Å². The number of hydrogen-bond donors (Lipinski definition) is 1. The first kappa shape index (κ1) is 17.9. The van der Waals surface area contributed by atoms with Crippen LogP contribution in [0, 0.1) is 17.1 Å². The fourth-order valence-electron chi connectivity index (χ4n) is 4.54. The van der Waals surface area contributed by atoms with E-state index in [0.29, 0.717) is 31.6 Å². The summed E-state index contributed by atoms with van der Waals surface area (Å²) in [5, 5.41) is 9.16. The highest BCUT2D eigenvalue weighted by atomic mass is 19.1. The number of amides is 2. The molecular formula is C19H22FN5O2. The molecule has 3 aliphatic heterocycles.